The third-order valence-corrected chi connectivity index (χ3v) is 4.28. The monoisotopic (exact) mass is 325 g/mol. The van der Waals surface area contributed by atoms with Crippen molar-refractivity contribution in [2.45, 2.75) is 57.5 Å². The lowest BCUT2D eigenvalue weighted by atomic mass is 10.0. The second-order valence-corrected chi connectivity index (χ2v) is 5.61. The fraction of sp³-hybridized carbons (Fsp3) is 0.929. The van der Waals surface area contributed by atoms with Gasteiger partial charge in [0.25, 0.3) is 0 Å². The van der Waals surface area contributed by atoms with Crippen LogP contribution in [0.1, 0.15) is 45.4 Å². The van der Waals surface area contributed by atoms with Crippen LogP contribution in [0.3, 0.4) is 0 Å². The first-order valence-corrected chi connectivity index (χ1v) is 7.53. The quantitative estimate of drug-likeness (QED) is 0.812. The van der Waals surface area contributed by atoms with Crippen LogP contribution < -0.4 is 10.6 Å². The highest BCUT2D eigenvalue weighted by atomic mass is 35.5. The van der Waals surface area contributed by atoms with Gasteiger partial charge in [0.15, 0.2) is 0 Å². The molecule has 1 unspecified atom stereocenters. The first-order valence-electron chi connectivity index (χ1n) is 7.53. The maximum atomic E-state index is 11.9. The second-order valence-electron chi connectivity index (χ2n) is 5.61. The number of nitrogens with one attached hydrogen (secondary N) is 2. The molecule has 6 heteroatoms. The van der Waals surface area contributed by atoms with Gasteiger partial charge < -0.3 is 15.5 Å². The zero-order valence-electron chi connectivity index (χ0n) is 12.4. The van der Waals surface area contributed by atoms with Crippen molar-refractivity contribution in [1.29, 1.82) is 0 Å². The maximum absolute atomic E-state index is 11.9. The number of nitrogens with zero attached hydrogens (tertiary/aromatic N) is 1. The Balaban J connectivity index is 0.00000180. The van der Waals surface area contributed by atoms with Crippen molar-refractivity contribution in [3.8, 4) is 0 Å². The van der Waals surface area contributed by atoms with Gasteiger partial charge in [-0.3, -0.25) is 4.79 Å². The van der Waals surface area contributed by atoms with Gasteiger partial charge in [-0.05, 0) is 45.2 Å². The van der Waals surface area contributed by atoms with Crippen LogP contribution >= 0.6 is 24.8 Å². The molecule has 0 aromatic rings. The number of rotatable bonds is 5. The summed E-state index contributed by atoms with van der Waals surface area (Å²) in [6.45, 7) is 6.72. The Labute approximate surface area is 135 Å². The summed E-state index contributed by atoms with van der Waals surface area (Å²) in [5.41, 5.74) is 0. The number of piperidine rings is 1. The summed E-state index contributed by atoms with van der Waals surface area (Å²) in [6.07, 6.45) is 6.41. The van der Waals surface area contributed by atoms with Gasteiger partial charge in [0.1, 0.15) is 0 Å². The Kier molecular flexibility index (Phi) is 10.6. The molecule has 0 spiro atoms. The zero-order valence-corrected chi connectivity index (χ0v) is 14.0. The molecule has 20 heavy (non-hydrogen) atoms. The third-order valence-electron chi connectivity index (χ3n) is 4.28. The van der Waals surface area contributed by atoms with Crippen molar-refractivity contribution in [3.63, 3.8) is 0 Å². The largest absolute Gasteiger partial charge is 0.353 e. The van der Waals surface area contributed by atoms with E-state index in [-0.39, 0.29) is 30.7 Å². The highest BCUT2D eigenvalue weighted by Crippen LogP contribution is 2.12. The molecule has 0 bridgehead atoms. The molecule has 2 aliphatic rings. The molecule has 1 atom stereocenters. The van der Waals surface area contributed by atoms with Crippen LogP contribution in [0.15, 0.2) is 0 Å². The van der Waals surface area contributed by atoms with Gasteiger partial charge in [-0.1, -0.05) is 6.92 Å². The molecule has 2 heterocycles. The van der Waals surface area contributed by atoms with Crippen LogP contribution in [0.5, 0.6) is 0 Å². The molecule has 2 N–H and O–H groups in total. The van der Waals surface area contributed by atoms with E-state index in [2.05, 4.69) is 22.5 Å². The SMILES string of the molecule is CCN1CCC(NC(=O)CCC2CCCN2)CC1.Cl.Cl. The summed E-state index contributed by atoms with van der Waals surface area (Å²) in [5, 5.41) is 6.64. The molecule has 2 rings (SSSR count). The molecule has 0 saturated carbocycles. The van der Waals surface area contributed by atoms with E-state index in [1.54, 1.807) is 0 Å². The predicted octanol–water partition coefficient (Wildman–Crippen LogP) is 1.96. The highest BCUT2D eigenvalue weighted by Gasteiger charge is 2.20. The Morgan fingerprint density at radius 3 is 2.50 bits per heavy atom. The van der Waals surface area contributed by atoms with Crippen molar-refractivity contribution in [2.24, 2.45) is 0 Å². The topological polar surface area (TPSA) is 44.4 Å². The lowest BCUT2D eigenvalue weighted by molar-refractivity contribution is -0.122. The normalized spacial score (nSPS) is 23.8. The van der Waals surface area contributed by atoms with E-state index in [9.17, 15) is 4.79 Å². The molecule has 2 saturated heterocycles. The summed E-state index contributed by atoms with van der Waals surface area (Å²) in [5.74, 6) is 0.249. The molecule has 0 aromatic carbocycles. The molecular weight excluding hydrogens is 297 g/mol. The first-order chi connectivity index (χ1) is 8.78. The lowest BCUT2D eigenvalue weighted by Crippen LogP contribution is -2.44. The molecule has 2 fully saturated rings. The van der Waals surface area contributed by atoms with E-state index in [0.29, 0.717) is 18.5 Å². The number of amides is 1. The maximum Gasteiger partial charge on any atom is 0.220 e. The van der Waals surface area contributed by atoms with Crippen molar-refractivity contribution in [2.75, 3.05) is 26.2 Å². The van der Waals surface area contributed by atoms with E-state index >= 15 is 0 Å². The minimum absolute atomic E-state index is 0. The van der Waals surface area contributed by atoms with Crippen LogP contribution in [0.4, 0.5) is 0 Å². The molecule has 120 valence electrons. The van der Waals surface area contributed by atoms with Gasteiger partial charge in [-0.25, -0.2) is 0 Å². The standard InChI is InChI=1S/C14H27N3O.2ClH/c1-2-17-10-7-13(8-11-17)16-14(18)6-5-12-4-3-9-15-12;;/h12-13,15H,2-11H2,1H3,(H,16,18);2*1H. The summed E-state index contributed by atoms with van der Waals surface area (Å²) < 4.78 is 0. The van der Waals surface area contributed by atoms with Crippen molar-refractivity contribution in [3.05, 3.63) is 0 Å². The lowest BCUT2D eigenvalue weighted by Gasteiger charge is -2.31. The van der Waals surface area contributed by atoms with Gasteiger partial charge in [0.05, 0.1) is 0 Å². The fourth-order valence-corrected chi connectivity index (χ4v) is 3.00. The van der Waals surface area contributed by atoms with Gasteiger partial charge in [0.2, 0.25) is 5.91 Å². The third kappa shape index (κ3) is 6.61. The van der Waals surface area contributed by atoms with Gasteiger partial charge in [0, 0.05) is 31.6 Å². The molecule has 0 aliphatic carbocycles. The average Bonchev–Trinajstić information content (AvgIpc) is 2.90. The number of hydrogen-bond acceptors (Lipinski definition) is 3. The Bertz CT molecular complexity index is 265. The molecule has 0 radical (unpaired) electrons. The molecule has 0 aromatic heterocycles. The molecule has 2 aliphatic heterocycles. The minimum Gasteiger partial charge on any atom is -0.353 e. The Hall–Kier alpha value is -0.0300. The van der Waals surface area contributed by atoms with E-state index in [0.717, 1.165) is 45.4 Å². The number of carbonyl (C=O) groups excluding carboxylic acids is 1. The minimum atomic E-state index is 0. The van der Waals surface area contributed by atoms with E-state index in [4.69, 9.17) is 0 Å². The molecule has 1 amide bonds. The summed E-state index contributed by atoms with van der Waals surface area (Å²) in [6, 6.07) is 0.995. The van der Waals surface area contributed by atoms with Crippen LogP contribution in [-0.4, -0.2) is 49.1 Å². The van der Waals surface area contributed by atoms with Crippen molar-refractivity contribution < 1.29 is 4.79 Å². The van der Waals surface area contributed by atoms with Crippen molar-refractivity contribution in [1.82, 2.24) is 15.5 Å². The number of likely N-dealkylation sites (tertiary alicyclic amines) is 1. The number of hydrogen-bond donors (Lipinski definition) is 2. The second kappa shape index (κ2) is 10.7. The average molecular weight is 326 g/mol. The Morgan fingerprint density at radius 2 is 1.95 bits per heavy atom. The predicted molar refractivity (Wildman–Crippen MR) is 88.0 cm³/mol. The molecule has 4 nitrogen and oxygen atoms in total. The Morgan fingerprint density at radius 1 is 1.25 bits per heavy atom. The van der Waals surface area contributed by atoms with Gasteiger partial charge in [-0.15, -0.1) is 24.8 Å². The first kappa shape index (κ1) is 20.0. The van der Waals surface area contributed by atoms with Crippen LogP contribution in [-0.2, 0) is 4.79 Å². The van der Waals surface area contributed by atoms with Gasteiger partial charge in [-0.2, -0.15) is 0 Å². The van der Waals surface area contributed by atoms with Crippen LogP contribution in [0, 0.1) is 0 Å². The number of halogens is 2. The zero-order chi connectivity index (χ0) is 12.8. The fourth-order valence-electron chi connectivity index (χ4n) is 3.00. The molecular formula is C14H29Cl2N3O. The van der Waals surface area contributed by atoms with E-state index in [1.807, 2.05) is 0 Å². The summed E-state index contributed by atoms with van der Waals surface area (Å²) in [7, 11) is 0. The van der Waals surface area contributed by atoms with E-state index < -0.39 is 0 Å². The van der Waals surface area contributed by atoms with Gasteiger partial charge >= 0.3 is 0 Å². The van der Waals surface area contributed by atoms with E-state index in [1.165, 1.54) is 12.8 Å². The summed E-state index contributed by atoms with van der Waals surface area (Å²) >= 11 is 0. The van der Waals surface area contributed by atoms with Crippen LogP contribution in [0.25, 0.3) is 0 Å². The summed E-state index contributed by atoms with van der Waals surface area (Å²) in [4.78, 5) is 14.3. The van der Waals surface area contributed by atoms with Crippen LogP contribution in [0.2, 0.25) is 0 Å². The smallest absolute Gasteiger partial charge is 0.220 e. The number of carbonyl (C=O) groups is 1. The van der Waals surface area contributed by atoms with Crippen molar-refractivity contribution >= 4 is 30.7 Å². The highest BCUT2D eigenvalue weighted by molar-refractivity contribution is 5.85.